The lowest BCUT2D eigenvalue weighted by Gasteiger charge is -2.22. The van der Waals surface area contributed by atoms with Gasteiger partial charge >= 0.3 is 0 Å². The van der Waals surface area contributed by atoms with Crippen LogP contribution in [0.25, 0.3) is 0 Å². The van der Waals surface area contributed by atoms with Crippen LogP contribution in [0.1, 0.15) is 32.3 Å². The van der Waals surface area contributed by atoms with Crippen molar-refractivity contribution in [2.75, 3.05) is 6.54 Å². The van der Waals surface area contributed by atoms with Gasteiger partial charge in [-0.05, 0) is 43.4 Å². The molecule has 1 N–H and O–H groups in total. The maximum atomic E-state index is 12.1. The molecule has 3 nitrogen and oxygen atoms in total. The van der Waals surface area contributed by atoms with Gasteiger partial charge in [0, 0.05) is 11.5 Å². The molecule has 0 bridgehead atoms. The summed E-state index contributed by atoms with van der Waals surface area (Å²) in [6.45, 7) is 6.58. The zero-order valence-corrected chi connectivity index (χ0v) is 15.1. The Hall–Kier alpha value is -0.870. The van der Waals surface area contributed by atoms with E-state index in [0.717, 1.165) is 18.4 Å². The number of hydrogen-bond acceptors (Lipinski definition) is 2. The van der Waals surface area contributed by atoms with Gasteiger partial charge in [-0.3, -0.25) is 0 Å². The van der Waals surface area contributed by atoms with E-state index in [0.29, 0.717) is 11.4 Å². The fourth-order valence-corrected chi connectivity index (χ4v) is 3.03. The maximum Gasteiger partial charge on any atom is 0.240 e. The summed E-state index contributed by atoms with van der Waals surface area (Å²) in [6, 6.07) is 6.87. The van der Waals surface area contributed by atoms with Crippen LogP contribution in [0.2, 0.25) is 0 Å². The normalized spacial score (nSPS) is 11.8. The van der Waals surface area contributed by atoms with Crippen LogP contribution >= 0.6 is 15.9 Å². The molecule has 0 spiro atoms. The van der Waals surface area contributed by atoms with Gasteiger partial charge in [0.25, 0.3) is 0 Å². The molecule has 1 aromatic carbocycles. The summed E-state index contributed by atoms with van der Waals surface area (Å²) >= 11 is 3.17. The van der Waals surface area contributed by atoms with Crippen LogP contribution in [0.15, 0.2) is 46.0 Å². The van der Waals surface area contributed by atoms with Crippen molar-refractivity contribution in [3.63, 3.8) is 0 Å². The predicted octanol–water partition coefficient (Wildman–Crippen LogP) is 4.14. The second-order valence-electron chi connectivity index (χ2n) is 5.81. The lowest BCUT2D eigenvalue weighted by Crippen LogP contribution is -2.28. The Morgan fingerprint density at radius 1 is 1.29 bits per heavy atom. The van der Waals surface area contributed by atoms with Crippen molar-refractivity contribution in [3.8, 4) is 0 Å². The Balaban J connectivity index is 2.58. The van der Waals surface area contributed by atoms with Gasteiger partial charge in [0.05, 0.1) is 4.90 Å². The smallest absolute Gasteiger partial charge is 0.211 e. The highest BCUT2D eigenvalue weighted by molar-refractivity contribution is 9.11. The van der Waals surface area contributed by atoms with E-state index in [1.54, 1.807) is 29.3 Å². The first-order valence-electron chi connectivity index (χ1n) is 6.83. The molecule has 116 valence electrons. The molecule has 1 aromatic rings. The molecule has 0 atom stereocenters. The van der Waals surface area contributed by atoms with Crippen molar-refractivity contribution in [2.24, 2.45) is 5.41 Å². The van der Waals surface area contributed by atoms with Crippen molar-refractivity contribution in [1.82, 2.24) is 4.72 Å². The molecule has 5 heteroatoms. The molecule has 21 heavy (non-hydrogen) atoms. The first-order valence-corrected chi connectivity index (χ1v) is 9.23. The molecule has 0 aliphatic carbocycles. The molecule has 1 rings (SSSR count). The summed E-state index contributed by atoms with van der Waals surface area (Å²) in [6.07, 6.45) is 3.56. The zero-order chi connectivity index (χ0) is 15.9. The minimum Gasteiger partial charge on any atom is -0.211 e. The number of sulfonamides is 1. The van der Waals surface area contributed by atoms with Crippen molar-refractivity contribution in [2.45, 2.75) is 38.5 Å². The van der Waals surface area contributed by atoms with Crippen LogP contribution in [-0.4, -0.2) is 15.0 Å². The van der Waals surface area contributed by atoms with E-state index in [-0.39, 0.29) is 5.41 Å². The van der Waals surface area contributed by atoms with Gasteiger partial charge in [-0.1, -0.05) is 47.5 Å². The van der Waals surface area contributed by atoms with E-state index in [1.165, 1.54) is 0 Å². The number of hydrogen-bond donors (Lipinski definition) is 1. The van der Waals surface area contributed by atoms with E-state index in [1.807, 2.05) is 13.0 Å². The third-order valence-corrected chi connectivity index (χ3v) is 5.00. The van der Waals surface area contributed by atoms with Gasteiger partial charge in [-0.2, -0.15) is 0 Å². The van der Waals surface area contributed by atoms with Crippen LogP contribution in [0.5, 0.6) is 0 Å². The number of halogens is 1. The highest BCUT2D eigenvalue weighted by Gasteiger charge is 2.18. The quantitative estimate of drug-likeness (QED) is 0.731. The molecule has 0 fully saturated rings. The van der Waals surface area contributed by atoms with Crippen LogP contribution in [-0.2, 0) is 10.0 Å². The van der Waals surface area contributed by atoms with Gasteiger partial charge in [0.2, 0.25) is 10.0 Å². The third kappa shape index (κ3) is 6.62. The van der Waals surface area contributed by atoms with E-state index in [4.69, 9.17) is 0 Å². The Kier molecular flexibility index (Phi) is 6.88. The van der Waals surface area contributed by atoms with Crippen LogP contribution in [0, 0.1) is 12.3 Å². The topological polar surface area (TPSA) is 46.2 Å². The molecule has 0 saturated heterocycles. The van der Waals surface area contributed by atoms with Gasteiger partial charge in [0.1, 0.15) is 0 Å². The monoisotopic (exact) mass is 371 g/mol. The lowest BCUT2D eigenvalue weighted by molar-refractivity contribution is 0.341. The minimum atomic E-state index is -3.41. The first kappa shape index (κ1) is 18.2. The predicted molar refractivity (Wildman–Crippen MR) is 91.0 cm³/mol. The molecule has 0 amide bonds. The highest BCUT2D eigenvalue weighted by Crippen LogP contribution is 2.25. The minimum absolute atomic E-state index is 0.0266. The highest BCUT2D eigenvalue weighted by atomic mass is 79.9. The fourth-order valence-electron chi connectivity index (χ4n) is 1.81. The number of allylic oxidation sites excluding steroid dienone is 1. The number of nitrogens with one attached hydrogen (secondary N) is 1. The second-order valence-corrected chi connectivity index (χ2v) is 8.03. The molecular formula is C16H22BrNO2S. The van der Waals surface area contributed by atoms with Crippen molar-refractivity contribution < 1.29 is 8.42 Å². The molecule has 0 aliphatic heterocycles. The molecule has 0 aliphatic rings. The Morgan fingerprint density at radius 2 is 1.90 bits per heavy atom. The molecule has 0 unspecified atom stereocenters. The van der Waals surface area contributed by atoms with Crippen molar-refractivity contribution in [1.29, 1.82) is 0 Å². The largest absolute Gasteiger partial charge is 0.240 e. The fraction of sp³-hybridized carbons (Fsp3) is 0.438. The summed E-state index contributed by atoms with van der Waals surface area (Å²) < 4.78 is 27.0. The SMILES string of the molecule is Cc1ccc(S(=O)(=O)NCCC(C)(C)CC=C=CBr)cc1. The summed E-state index contributed by atoms with van der Waals surface area (Å²) in [7, 11) is -3.41. The summed E-state index contributed by atoms with van der Waals surface area (Å²) in [4.78, 5) is 2.00. The second kappa shape index (κ2) is 7.95. The van der Waals surface area contributed by atoms with Crippen LogP contribution in [0.4, 0.5) is 0 Å². The van der Waals surface area contributed by atoms with Crippen LogP contribution in [0.3, 0.4) is 0 Å². The lowest BCUT2D eigenvalue weighted by atomic mass is 9.86. The average Bonchev–Trinajstić information content (AvgIpc) is 2.39. The van der Waals surface area contributed by atoms with E-state index in [2.05, 4.69) is 40.2 Å². The third-order valence-electron chi connectivity index (χ3n) is 3.26. The van der Waals surface area contributed by atoms with Crippen molar-refractivity contribution >= 4 is 26.0 Å². The maximum absolute atomic E-state index is 12.1. The first-order chi connectivity index (χ1) is 9.77. The van der Waals surface area contributed by atoms with E-state index < -0.39 is 10.0 Å². The Morgan fingerprint density at radius 3 is 2.48 bits per heavy atom. The van der Waals surface area contributed by atoms with E-state index in [9.17, 15) is 8.42 Å². The average molecular weight is 372 g/mol. The molecule has 0 radical (unpaired) electrons. The molecule has 0 aromatic heterocycles. The van der Waals surface area contributed by atoms with Gasteiger partial charge in [-0.25, -0.2) is 13.1 Å². The van der Waals surface area contributed by atoms with Gasteiger partial charge in [0.15, 0.2) is 0 Å². The number of aryl methyl sites for hydroxylation is 1. The number of rotatable bonds is 7. The number of benzene rings is 1. The van der Waals surface area contributed by atoms with Crippen molar-refractivity contribution in [3.05, 3.63) is 46.6 Å². The van der Waals surface area contributed by atoms with Gasteiger partial charge in [-0.15, -0.1) is 5.73 Å². The molecular weight excluding hydrogens is 350 g/mol. The zero-order valence-electron chi connectivity index (χ0n) is 12.7. The van der Waals surface area contributed by atoms with E-state index >= 15 is 0 Å². The summed E-state index contributed by atoms with van der Waals surface area (Å²) in [5.41, 5.74) is 4.04. The standard InChI is InChI=1S/C16H22BrNO2S/c1-14-6-8-15(9-7-14)21(19,20)18-13-11-16(2,3)10-4-5-12-17/h4,6-9,12,18H,10-11,13H2,1-3H3. The molecule has 0 saturated carbocycles. The van der Waals surface area contributed by atoms with Crippen LogP contribution < -0.4 is 4.72 Å². The Bertz CT molecular complexity index is 612. The molecule has 0 heterocycles. The summed E-state index contributed by atoms with van der Waals surface area (Å²) in [5.74, 6) is 0. The van der Waals surface area contributed by atoms with Gasteiger partial charge < -0.3 is 0 Å². The summed E-state index contributed by atoms with van der Waals surface area (Å²) in [5, 5.41) is 0. The Labute approximate surface area is 136 Å².